The quantitative estimate of drug-likeness (QED) is 0.770. The van der Waals surface area contributed by atoms with Crippen LogP contribution in [0.3, 0.4) is 0 Å². The highest BCUT2D eigenvalue weighted by molar-refractivity contribution is 5.62. The van der Waals surface area contributed by atoms with Crippen LogP contribution >= 0.6 is 0 Å². The molecule has 1 unspecified atom stereocenters. The summed E-state index contributed by atoms with van der Waals surface area (Å²) < 4.78 is 5.40. The molecule has 2 aromatic heterocycles. The topological polar surface area (TPSA) is 58.0 Å². The lowest BCUT2D eigenvalue weighted by atomic mass is 10.0. The van der Waals surface area contributed by atoms with Gasteiger partial charge in [-0.3, -0.25) is 10.00 Å². The van der Waals surface area contributed by atoms with E-state index in [1.807, 2.05) is 20.0 Å². The summed E-state index contributed by atoms with van der Waals surface area (Å²) in [5, 5.41) is 11.6. The number of hydrogen-bond acceptors (Lipinski definition) is 4. The number of hydrogen-bond donors (Lipinski definition) is 1. The number of nitrogens with zero attached hydrogens (tertiary/aromatic N) is 3. The number of aromatic nitrogens is 3. The first kappa shape index (κ1) is 16.1. The molecule has 0 radical (unpaired) electrons. The summed E-state index contributed by atoms with van der Waals surface area (Å²) in [6.07, 6.45) is 4.31. The molecule has 1 fully saturated rings. The van der Waals surface area contributed by atoms with Gasteiger partial charge >= 0.3 is 0 Å². The van der Waals surface area contributed by atoms with E-state index >= 15 is 0 Å². The molecule has 1 N–H and O–H groups in total. The lowest BCUT2D eigenvalue weighted by Gasteiger charge is -2.24. The van der Waals surface area contributed by atoms with Crippen LogP contribution in [0.15, 0.2) is 35.0 Å². The Balaban J connectivity index is 1.60. The van der Waals surface area contributed by atoms with Crippen molar-refractivity contribution >= 4 is 0 Å². The first-order chi connectivity index (χ1) is 12.1. The van der Waals surface area contributed by atoms with Gasteiger partial charge in [0, 0.05) is 23.7 Å². The molecule has 0 amide bonds. The monoisotopic (exact) mass is 336 g/mol. The fraction of sp³-hybridized carbons (Fsp3) is 0.400. The van der Waals surface area contributed by atoms with Crippen molar-refractivity contribution in [2.45, 2.75) is 46.2 Å². The van der Waals surface area contributed by atoms with Crippen molar-refractivity contribution in [2.24, 2.45) is 0 Å². The third-order valence-electron chi connectivity index (χ3n) is 5.22. The highest BCUT2D eigenvalue weighted by Gasteiger charge is 2.31. The number of likely N-dealkylation sites (tertiary alicyclic amines) is 1. The van der Waals surface area contributed by atoms with Crippen LogP contribution in [0.25, 0.3) is 11.3 Å². The van der Waals surface area contributed by atoms with Crippen LogP contribution in [0.4, 0.5) is 0 Å². The molecule has 0 saturated carbocycles. The number of nitrogens with one attached hydrogen (secondary N) is 1. The lowest BCUT2D eigenvalue weighted by molar-refractivity contribution is 0.246. The Morgan fingerprint density at radius 2 is 2.00 bits per heavy atom. The van der Waals surface area contributed by atoms with Crippen molar-refractivity contribution in [1.82, 2.24) is 20.3 Å². The largest absolute Gasteiger partial charge is 0.361 e. The standard InChI is InChI=1S/C20H24N4O/c1-13-6-8-16(9-7-13)20-17(11-21-22-20)12-24-10-4-5-18(24)19-14(2)23-25-15(19)3/h6-9,11,18H,4-5,10,12H2,1-3H3,(H,21,22). The maximum Gasteiger partial charge on any atom is 0.138 e. The molecule has 1 aliphatic rings. The highest BCUT2D eigenvalue weighted by Crippen LogP contribution is 2.37. The van der Waals surface area contributed by atoms with Crippen molar-refractivity contribution in [1.29, 1.82) is 0 Å². The molecule has 1 saturated heterocycles. The number of benzene rings is 1. The average molecular weight is 336 g/mol. The van der Waals surface area contributed by atoms with E-state index in [2.05, 4.69) is 51.4 Å². The minimum Gasteiger partial charge on any atom is -0.361 e. The van der Waals surface area contributed by atoms with E-state index < -0.39 is 0 Å². The van der Waals surface area contributed by atoms with Gasteiger partial charge < -0.3 is 4.52 Å². The molecule has 1 atom stereocenters. The van der Waals surface area contributed by atoms with Gasteiger partial charge in [0.2, 0.25) is 0 Å². The summed E-state index contributed by atoms with van der Waals surface area (Å²) in [6, 6.07) is 8.97. The molecule has 0 spiro atoms. The number of H-pyrrole nitrogens is 1. The maximum atomic E-state index is 5.40. The normalized spacial score (nSPS) is 18.1. The van der Waals surface area contributed by atoms with Crippen LogP contribution in [0.1, 0.15) is 47.0 Å². The molecule has 0 aliphatic carbocycles. The van der Waals surface area contributed by atoms with E-state index in [-0.39, 0.29) is 0 Å². The summed E-state index contributed by atoms with van der Waals surface area (Å²) in [7, 11) is 0. The second kappa shape index (κ2) is 6.48. The molecule has 4 rings (SSSR count). The summed E-state index contributed by atoms with van der Waals surface area (Å²) in [4.78, 5) is 2.52. The van der Waals surface area contributed by atoms with Gasteiger partial charge in [0.15, 0.2) is 0 Å². The van der Waals surface area contributed by atoms with Crippen molar-refractivity contribution in [3.05, 3.63) is 58.6 Å². The zero-order chi connectivity index (χ0) is 17.4. The van der Waals surface area contributed by atoms with Crippen molar-refractivity contribution < 1.29 is 4.52 Å². The van der Waals surface area contributed by atoms with Gasteiger partial charge in [-0.05, 0) is 45.7 Å². The Morgan fingerprint density at radius 3 is 2.72 bits per heavy atom. The predicted molar refractivity (Wildman–Crippen MR) is 97.1 cm³/mol. The van der Waals surface area contributed by atoms with E-state index in [1.165, 1.54) is 28.7 Å². The third kappa shape index (κ3) is 3.00. The maximum absolute atomic E-state index is 5.40. The molecule has 1 aromatic carbocycles. The molecule has 1 aliphatic heterocycles. The molecule has 3 aromatic rings. The summed E-state index contributed by atoms with van der Waals surface area (Å²) in [5.74, 6) is 0.945. The van der Waals surface area contributed by atoms with E-state index in [4.69, 9.17) is 4.52 Å². The van der Waals surface area contributed by atoms with Gasteiger partial charge in [-0.15, -0.1) is 0 Å². The number of rotatable bonds is 4. The zero-order valence-electron chi connectivity index (χ0n) is 15.0. The second-order valence-electron chi connectivity index (χ2n) is 7.00. The Bertz CT molecular complexity index is 843. The third-order valence-corrected chi connectivity index (χ3v) is 5.22. The first-order valence-electron chi connectivity index (χ1n) is 8.89. The van der Waals surface area contributed by atoms with E-state index in [9.17, 15) is 0 Å². The van der Waals surface area contributed by atoms with Crippen molar-refractivity contribution in [2.75, 3.05) is 6.54 Å². The molecule has 3 heterocycles. The minimum absolute atomic E-state index is 0.381. The molecule has 0 bridgehead atoms. The van der Waals surface area contributed by atoms with Crippen LogP contribution in [-0.4, -0.2) is 26.8 Å². The van der Waals surface area contributed by atoms with Gasteiger partial charge in [-0.25, -0.2) is 0 Å². The Labute approximate surface area is 148 Å². The molecule has 130 valence electrons. The molecule has 5 heteroatoms. The zero-order valence-corrected chi connectivity index (χ0v) is 15.0. The van der Waals surface area contributed by atoms with Crippen molar-refractivity contribution in [3.8, 4) is 11.3 Å². The molecular weight excluding hydrogens is 312 g/mol. The molecular formula is C20H24N4O. The summed E-state index contributed by atoms with van der Waals surface area (Å²) >= 11 is 0. The fourth-order valence-corrected chi connectivity index (χ4v) is 3.93. The highest BCUT2D eigenvalue weighted by atomic mass is 16.5. The van der Waals surface area contributed by atoms with Gasteiger partial charge in [0.25, 0.3) is 0 Å². The van der Waals surface area contributed by atoms with Crippen LogP contribution in [-0.2, 0) is 6.54 Å². The molecule has 5 nitrogen and oxygen atoms in total. The van der Waals surface area contributed by atoms with E-state index in [0.717, 1.165) is 36.7 Å². The van der Waals surface area contributed by atoms with Gasteiger partial charge in [0.1, 0.15) is 5.76 Å². The van der Waals surface area contributed by atoms with E-state index in [0.29, 0.717) is 6.04 Å². The Kier molecular flexibility index (Phi) is 4.17. The minimum atomic E-state index is 0.381. The average Bonchev–Trinajstić information content (AvgIpc) is 3.31. The van der Waals surface area contributed by atoms with Gasteiger partial charge in [0.05, 0.1) is 17.6 Å². The van der Waals surface area contributed by atoms with Gasteiger partial charge in [-0.2, -0.15) is 5.10 Å². The Hall–Kier alpha value is -2.40. The van der Waals surface area contributed by atoms with Crippen molar-refractivity contribution in [3.63, 3.8) is 0 Å². The predicted octanol–water partition coefficient (Wildman–Crippen LogP) is 4.33. The fourth-order valence-electron chi connectivity index (χ4n) is 3.93. The van der Waals surface area contributed by atoms with Crippen LogP contribution in [0, 0.1) is 20.8 Å². The van der Waals surface area contributed by atoms with Crippen LogP contribution in [0.5, 0.6) is 0 Å². The molecule has 25 heavy (non-hydrogen) atoms. The number of aromatic amines is 1. The van der Waals surface area contributed by atoms with Gasteiger partial charge in [-0.1, -0.05) is 35.0 Å². The number of aryl methyl sites for hydroxylation is 3. The van der Waals surface area contributed by atoms with Crippen LogP contribution < -0.4 is 0 Å². The Morgan fingerprint density at radius 1 is 1.20 bits per heavy atom. The SMILES string of the molecule is Cc1ccc(-c2[nH]ncc2CN2CCCC2c2c(C)noc2C)cc1. The summed E-state index contributed by atoms with van der Waals surface area (Å²) in [5.41, 5.74) is 7.08. The summed E-state index contributed by atoms with van der Waals surface area (Å²) in [6.45, 7) is 8.14. The van der Waals surface area contributed by atoms with E-state index in [1.54, 1.807) is 0 Å². The first-order valence-corrected chi connectivity index (χ1v) is 8.89. The second-order valence-corrected chi connectivity index (χ2v) is 7.00. The lowest BCUT2D eigenvalue weighted by Crippen LogP contribution is -2.23. The van der Waals surface area contributed by atoms with Crippen LogP contribution in [0.2, 0.25) is 0 Å². The smallest absolute Gasteiger partial charge is 0.138 e.